The number of methoxy groups -OCH3 is 1. The van der Waals surface area contributed by atoms with E-state index in [2.05, 4.69) is 0 Å². The lowest BCUT2D eigenvalue weighted by Gasteiger charge is -2.13. The molecule has 0 unspecified atom stereocenters. The molecular weight excluding hydrogens is 274 g/mol. The van der Waals surface area contributed by atoms with E-state index in [-0.39, 0.29) is 24.2 Å². The molecule has 108 valence electrons. The van der Waals surface area contributed by atoms with E-state index in [0.717, 1.165) is 6.42 Å². The summed E-state index contributed by atoms with van der Waals surface area (Å²) in [5.41, 5.74) is 11.4. The highest BCUT2D eigenvalue weighted by atomic mass is 35.5. The van der Waals surface area contributed by atoms with Gasteiger partial charge in [-0.3, -0.25) is 10.1 Å². The molecule has 1 atom stereocenters. The van der Waals surface area contributed by atoms with Crippen LogP contribution in [0.4, 0.5) is 5.69 Å². The van der Waals surface area contributed by atoms with Crippen molar-refractivity contribution < 1.29 is 14.8 Å². The Labute approximate surface area is 117 Å². The number of benzene rings is 1. The van der Waals surface area contributed by atoms with Gasteiger partial charge in [-0.2, -0.15) is 0 Å². The number of halogens is 1. The van der Waals surface area contributed by atoms with Crippen LogP contribution in [-0.4, -0.2) is 23.7 Å². The summed E-state index contributed by atoms with van der Waals surface area (Å²) >= 11 is 0. The molecule has 0 spiro atoms. The van der Waals surface area contributed by atoms with E-state index < -0.39 is 16.4 Å². The fourth-order valence-corrected chi connectivity index (χ4v) is 1.63. The van der Waals surface area contributed by atoms with Crippen LogP contribution in [0.1, 0.15) is 24.4 Å². The topological polar surface area (TPSA) is 125 Å². The SMILES string of the molecule is COc1cc([C@@H](N)CCCN)cc([N+](=O)[O-])c1O.Cl. The molecule has 0 heterocycles. The lowest BCUT2D eigenvalue weighted by molar-refractivity contribution is -0.386. The lowest BCUT2D eigenvalue weighted by atomic mass is 10.0. The zero-order chi connectivity index (χ0) is 13.7. The Morgan fingerprint density at radius 1 is 1.53 bits per heavy atom. The Kier molecular flexibility index (Phi) is 7.13. The van der Waals surface area contributed by atoms with Gasteiger partial charge in [0.2, 0.25) is 5.75 Å². The number of hydrogen-bond donors (Lipinski definition) is 3. The van der Waals surface area contributed by atoms with Crippen molar-refractivity contribution in [1.82, 2.24) is 0 Å². The van der Waals surface area contributed by atoms with Gasteiger partial charge in [0.05, 0.1) is 12.0 Å². The smallest absolute Gasteiger partial charge is 0.314 e. The average molecular weight is 292 g/mol. The highest BCUT2D eigenvalue weighted by Crippen LogP contribution is 2.38. The molecule has 0 aromatic heterocycles. The normalized spacial score (nSPS) is 11.5. The summed E-state index contributed by atoms with van der Waals surface area (Å²) in [6, 6.07) is 2.39. The molecule has 0 saturated carbocycles. The molecule has 1 rings (SSSR count). The molecule has 0 radical (unpaired) electrons. The van der Waals surface area contributed by atoms with E-state index in [1.54, 1.807) is 0 Å². The van der Waals surface area contributed by atoms with Crippen LogP contribution < -0.4 is 16.2 Å². The molecule has 0 aliphatic rings. The maximum atomic E-state index is 10.8. The fraction of sp³-hybridized carbons (Fsp3) is 0.455. The van der Waals surface area contributed by atoms with E-state index in [1.807, 2.05) is 0 Å². The Morgan fingerprint density at radius 2 is 2.16 bits per heavy atom. The van der Waals surface area contributed by atoms with Gasteiger partial charge >= 0.3 is 5.69 Å². The van der Waals surface area contributed by atoms with Crippen molar-refractivity contribution >= 4 is 18.1 Å². The molecule has 0 saturated heterocycles. The van der Waals surface area contributed by atoms with Crippen molar-refractivity contribution in [3.63, 3.8) is 0 Å². The van der Waals surface area contributed by atoms with Crippen LogP contribution in [0.2, 0.25) is 0 Å². The van der Waals surface area contributed by atoms with Gasteiger partial charge in [0.1, 0.15) is 0 Å². The Hall–Kier alpha value is -1.57. The third-order valence-electron chi connectivity index (χ3n) is 2.64. The molecule has 7 nitrogen and oxygen atoms in total. The molecule has 19 heavy (non-hydrogen) atoms. The number of hydrogen-bond acceptors (Lipinski definition) is 6. The Morgan fingerprint density at radius 3 is 2.63 bits per heavy atom. The first-order chi connectivity index (χ1) is 8.51. The summed E-state index contributed by atoms with van der Waals surface area (Å²) in [6.07, 6.45) is 1.33. The van der Waals surface area contributed by atoms with E-state index in [0.29, 0.717) is 18.5 Å². The molecule has 5 N–H and O–H groups in total. The van der Waals surface area contributed by atoms with Crippen molar-refractivity contribution in [2.75, 3.05) is 13.7 Å². The predicted octanol–water partition coefficient (Wildman–Crippen LogP) is 1.47. The largest absolute Gasteiger partial charge is 0.500 e. The summed E-state index contributed by atoms with van der Waals surface area (Å²) in [7, 11) is 1.33. The van der Waals surface area contributed by atoms with Gasteiger partial charge in [-0.15, -0.1) is 12.4 Å². The van der Waals surface area contributed by atoms with Gasteiger partial charge in [0.15, 0.2) is 5.75 Å². The molecule has 1 aromatic rings. The number of nitro groups is 1. The number of nitrogens with two attached hydrogens (primary N) is 2. The predicted molar refractivity (Wildman–Crippen MR) is 73.8 cm³/mol. The highest BCUT2D eigenvalue weighted by Gasteiger charge is 2.21. The number of rotatable bonds is 6. The van der Waals surface area contributed by atoms with Gasteiger partial charge in [0, 0.05) is 12.1 Å². The van der Waals surface area contributed by atoms with Crippen LogP contribution in [0.25, 0.3) is 0 Å². The lowest BCUT2D eigenvalue weighted by Crippen LogP contribution is -2.13. The minimum Gasteiger partial charge on any atom is -0.500 e. The third kappa shape index (κ3) is 4.23. The number of ether oxygens (including phenoxy) is 1. The minimum absolute atomic E-state index is 0. The first-order valence-corrected chi connectivity index (χ1v) is 5.52. The zero-order valence-corrected chi connectivity index (χ0v) is 11.4. The number of nitrogens with zero attached hydrogens (tertiary/aromatic N) is 1. The van der Waals surface area contributed by atoms with Crippen LogP contribution in [-0.2, 0) is 0 Å². The first-order valence-electron chi connectivity index (χ1n) is 5.52. The van der Waals surface area contributed by atoms with E-state index >= 15 is 0 Å². The molecule has 0 fully saturated rings. The minimum atomic E-state index is -0.670. The Bertz CT molecular complexity index is 442. The van der Waals surface area contributed by atoms with Gasteiger partial charge in [-0.05, 0) is 31.0 Å². The van der Waals surface area contributed by atoms with Gasteiger partial charge < -0.3 is 21.3 Å². The van der Waals surface area contributed by atoms with Crippen molar-refractivity contribution in [1.29, 1.82) is 0 Å². The average Bonchev–Trinajstić information content (AvgIpc) is 2.35. The molecule has 8 heteroatoms. The number of aromatic hydroxyl groups is 1. The molecular formula is C11H18ClN3O4. The van der Waals surface area contributed by atoms with Gasteiger partial charge in [-0.25, -0.2) is 0 Å². The van der Waals surface area contributed by atoms with Gasteiger partial charge in [-0.1, -0.05) is 0 Å². The number of phenolic OH excluding ortho intramolecular Hbond substituents is 1. The maximum Gasteiger partial charge on any atom is 0.314 e. The first kappa shape index (κ1) is 17.4. The monoisotopic (exact) mass is 291 g/mol. The molecule has 0 aliphatic heterocycles. The second-order valence-electron chi connectivity index (χ2n) is 3.89. The zero-order valence-electron chi connectivity index (χ0n) is 10.5. The molecule has 1 aromatic carbocycles. The molecule has 0 aliphatic carbocycles. The molecule has 0 amide bonds. The number of phenols is 1. The fourth-order valence-electron chi connectivity index (χ4n) is 1.63. The second kappa shape index (κ2) is 7.78. The highest BCUT2D eigenvalue weighted by molar-refractivity contribution is 5.85. The summed E-state index contributed by atoms with van der Waals surface area (Å²) < 4.78 is 4.90. The van der Waals surface area contributed by atoms with E-state index in [1.165, 1.54) is 19.2 Å². The standard InChI is InChI=1S/C11H17N3O4.ClH/c1-18-10-6-7(8(13)3-2-4-12)5-9(11(10)15)14(16)17;/h5-6,8,15H,2-4,12-13H2,1H3;1H/t8-;/m0./s1. The second-order valence-corrected chi connectivity index (χ2v) is 3.89. The van der Waals surface area contributed by atoms with Crippen LogP contribution in [0.5, 0.6) is 11.5 Å². The van der Waals surface area contributed by atoms with Crippen LogP contribution in [0.3, 0.4) is 0 Å². The summed E-state index contributed by atoms with van der Waals surface area (Å²) in [5, 5.41) is 20.4. The van der Waals surface area contributed by atoms with Crippen molar-refractivity contribution in [3.8, 4) is 11.5 Å². The quantitative estimate of drug-likeness (QED) is 0.538. The maximum absolute atomic E-state index is 10.8. The van der Waals surface area contributed by atoms with E-state index in [4.69, 9.17) is 16.2 Å². The summed E-state index contributed by atoms with van der Waals surface area (Å²) in [4.78, 5) is 10.1. The number of nitro benzene ring substituents is 1. The van der Waals surface area contributed by atoms with Crippen LogP contribution in [0.15, 0.2) is 12.1 Å². The van der Waals surface area contributed by atoms with Crippen molar-refractivity contribution in [2.24, 2.45) is 11.5 Å². The van der Waals surface area contributed by atoms with Crippen LogP contribution in [0, 0.1) is 10.1 Å². The van der Waals surface area contributed by atoms with Crippen molar-refractivity contribution in [3.05, 3.63) is 27.8 Å². The van der Waals surface area contributed by atoms with Crippen molar-refractivity contribution in [2.45, 2.75) is 18.9 Å². The summed E-state index contributed by atoms with van der Waals surface area (Å²) in [5.74, 6) is -0.445. The van der Waals surface area contributed by atoms with Crippen LogP contribution >= 0.6 is 12.4 Å². The third-order valence-corrected chi connectivity index (χ3v) is 2.64. The molecule has 0 bridgehead atoms. The van der Waals surface area contributed by atoms with Gasteiger partial charge in [0.25, 0.3) is 0 Å². The summed E-state index contributed by atoms with van der Waals surface area (Å²) in [6.45, 7) is 0.505. The van der Waals surface area contributed by atoms with E-state index in [9.17, 15) is 15.2 Å². The Balaban J connectivity index is 0.00000324.